The average Bonchev–Trinajstić information content (AvgIpc) is 2.49. The molecule has 0 amide bonds. The number of benzene rings is 1. The number of sulfone groups is 1. The number of rotatable bonds is 7. The summed E-state index contributed by atoms with van der Waals surface area (Å²) in [5.74, 6) is 0.164. The zero-order valence-electron chi connectivity index (χ0n) is 11.9. The number of hydrogen-bond acceptors (Lipinski definition) is 4. The maximum Gasteiger partial charge on any atom is 0.179 e. The van der Waals surface area contributed by atoms with E-state index in [9.17, 15) is 8.42 Å². The van der Waals surface area contributed by atoms with Crippen molar-refractivity contribution in [3.05, 3.63) is 30.3 Å². The third kappa shape index (κ3) is 4.89. The first kappa shape index (κ1) is 15.5. The molecule has 1 aromatic carbocycles. The van der Waals surface area contributed by atoms with Gasteiger partial charge in [0, 0.05) is 19.6 Å². The zero-order valence-corrected chi connectivity index (χ0v) is 12.7. The molecule has 1 aliphatic rings. The fourth-order valence-corrected chi connectivity index (χ4v) is 3.72. The smallest absolute Gasteiger partial charge is 0.179 e. The molecule has 0 aromatic heterocycles. The Kier molecular flexibility index (Phi) is 6.01. The highest BCUT2D eigenvalue weighted by atomic mass is 32.2. The van der Waals surface area contributed by atoms with Crippen LogP contribution in [0.1, 0.15) is 19.3 Å². The second-order valence-electron chi connectivity index (χ2n) is 5.28. The monoisotopic (exact) mass is 296 g/mol. The fourth-order valence-electron chi connectivity index (χ4n) is 2.50. The van der Waals surface area contributed by atoms with E-state index in [1.165, 1.54) is 32.4 Å². The molecule has 0 saturated carbocycles. The van der Waals surface area contributed by atoms with Gasteiger partial charge in [0.2, 0.25) is 0 Å². The van der Waals surface area contributed by atoms with Crippen LogP contribution in [0.2, 0.25) is 0 Å². The highest BCUT2D eigenvalue weighted by molar-refractivity contribution is 7.91. The van der Waals surface area contributed by atoms with Crippen LogP contribution in [0, 0.1) is 0 Å². The van der Waals surface area contributed by atoms with Gasteiger partial charge in [-0.1, -0.05) is 24.6 Å². The fraction of sp³-hybridized carbons (Fsp3) is 0.600. The molecule has 1 aromatic rings. The first-order chi connectivity index (χ1) is 9.68. The van der Waals surface area contributed by atoms with E-state index in [-0.39, 0.29) is 5.75 Å². The molecule has 1 heterocycles. The first-order valence-corrected chi connectivity index (χ1v) is 9.04. The van der Waals surface area contributed by atoms with Gasteiger partial charge in [-0.15, -0.1) is 0 Å². The van der Waals surface area contributed by atoms with Crippen molar-refractivity contribution >= 4 is 9.84 Å². The van der Waals surface area contributed by atoms with Crippen LogP contribution in [0.4, 0.5) is 0 Å². The molecule has 4 nitrogen and oxygen atoms in total. The Morgan fingerprint density at radius 3 is 2.40 bits per heavy atom. The Morgan fingerprint density at radius 1 is 1.00 bits per heavy atom. The summed E-state index contributed by atoms with van der Waals surface area (Å²) in [5, 5.41) is 3.24. The maximum absolute atomic E-state index is 12.0. The van der Waals surface area contributed by atoms with E-state index in [2.05, 4.69) is 10.2 Å². The van der Waals surface area contributed by atoms with Crippen LogP contribution in [0.5, 0.6) is 0 Å². The predicted octanol–water partition coefficient (Wildman–Crippen LogP) is 1.54. The van der Waals surface area contributed by atoms with E-state index >= 15 is 0 Å². The molecule has 5 heteroatoms. The van der Waals surface area contributed by atoms with E-state index in [0.29, 0.717) is 11.4 Å². The van der Waals surface area contributed by atoms with Crippen molar-refractivity contribution in [2.75, 3.05) is 38.5 Å². The Labute approximate surface area is 122 Å². The third-order valence-corrected chi connectivity index (χ3v) is 5.44. The van der Waals surface area contributed by atoms with E-state index in [0.717, 1.165) is 13.1 Å². The second-order valence-corrected chi connectivity index (χ2v) is 7.39. The van der Waals surface area contributed by atoms with E-state index in [4.69, 9.17) is 0 Å². The average molecular weight is 296 g/mol. The Morgan fingerprint density at radius 2 is 1.70 bits per heavy atom. The van der Waals surface area contributed by atoms with Gasteiger partial charge in [-0.25, -0.2) is 8.42 Å². The summed E-state index contributed by atoms with van der Waals surface area (Å²) >= 11 is 0. The lowest BCUT2D eigenvalue weighted by molar-refractivity contribution is 0.229. The molecule has 0 bridgehead atoms. The van der Waals surface area contributed by atoms with Crippen LogP contribution < -0.4 is 5.32 Å². The van der Waals surface area contributed by atoms with Gasteiger partial charge in [-0.2, -0.15) is 0 Å². The standard InChI is InChI=1S/C15H24N2O2S/c18-20(19,15-7-3-1-4-8-15)14-10-16-9-13-17-11-5-2-6-12-17/h1,3-4,7-8,16H,2,5-6,9-14H2. The van der Waals surface area contributed by atoms with Gasteiger partial charge in [-0.3, -0.25) is 0 Å². The molecule has 20 heavy (non-hydrogen) atoms. The minimum Gasteiger partial charge on any atom is -0.314 e. The van der Waals surface area contributed by atoms with Gasteiger partial charge < -0.3 is 10.2 Å². The van der Waals surface area contributed by atoms with Crippen molar-refractivity contribution in [2.24, 2.45) is 0 Å². The summed E-state index contributed by atoms with van der Waals surface area (Å²) < 4.78 is 24.1. The van der Waals surface area contributed by atoms with Crippen LogP contribution in [-0.2, 0) is 9.84 Å². The van der Waals surface area contributed by atoms with E-state index in [1.54, 1.807) is 24.3 Å². The van der Waals surface area contributed by atoms with Gasteiger partial charge in [0.1, 0.15) is 0 Å². The molecular weight excluding hydrogens is 272 g/mol. The van der Waals surface area contributed by atoms with Crippen LogP contribution >= 0.6 is 0 Å². The van der Waals surface area contributed by atoms with E-state index < -0.39 is 9.84 Å². The number of nitrogens with one attached hydrogen (secondary N) is 1. The molecule has 112 valence electrons. The summed E-state index contributed by atoms with van der Waals surface area (Å²) in [6.45, 7) is 4.77. The molecule has 1 N–H and O–H groups in total. The van der Waals surface area contributed by atoms with Crippen molar-refractivity contribution in [2.45, 2.75) is 24.2 Å². The van der Waals surface area contributed by atoms with Crippen LogP contribution in [0.25, 0.3) is 0 Å². The number of likely N-dealkylation sites (tertiary alicyclic amines) is 1. The second kappa shape index (κ2) is 7.76. The highest BCUT2D eigenvalue weighted by Crippen LogP contribution is 2.09. The number of nitrogens with zero attached hydrogens (tertiary/aromatic N) is 1. The Balaban J connectivity index is 1.65. The van der Waals surface area contributed by atoms with Gasteiger partial charge in [-0.05, 0) is 38.1 Å². The van der Waals surface area contributed by atoms with Crippen molar-refractivity contribution in [1.82, 2.24) is 10.2 Å². The third-order valence-electron chi connectivity index (χ3n) is 3.70. The summed E-state index contributed by atoms with van der Waals surface area (Å²) in [6, 6.07) is 8.66. The maximum atomic E-state index is 12.0. The van der Waals surface area contributed by atoms with Crippen molar-refractivity contribution in [1.29, 1.82) is 0 Å². The minimum atomic E-state index is -3.14. The lowest BCUT2D eigenvalue weighted by atomic mass is 10.1. The Hall–Kier alpha value is -0.910. The zero-order chi connectivity index (χ0) is 14.3. The van der Waals surface area contributed by atoms with Crippen molar-refractivity contribution in [3.8, 4) is 0 Å². The van der Waals surface area contributed by atoms with Crippen molar-refractivity contribution in [3.63, 3.8) is 0 Å². The SMILES string of the molecule is O=S(=O)(CCNCCN1CCCCC1)c1ccccc1. The molecule has 1 saturated heterocycles. The summed E-state index contributed by atoms with van der Waals surface area (Å²) in [5.41, 5.74) is 0. The lowest BCUT2D eigenvalue weighted by Gasteiger charge is -2.26. The molecule has 1 aliphatic heterocycles. The van der Waals surface area contributed by atoms with Gasteiger partial charge in [0.05, 0.1) is 10.6 Å². The summed E-state index contributed by atoms with van der Waals surface area (Å²) in [4.78, 5) is 2.86. The highest BCUT2D eigenvalue weighted by Gasteiger charge is 2.13. The number of hydrogen-bond donors (Lipinski definition) is 1. The molecular formula is C15H24N2O2S. The normalized spacial score (nSPS) is 17.2. The summed E-state index contributed by atoms with van der Waals surface area (Å²) in [6.07, 6.45) is 3.93. The predicted molar refractivity (Wildman–Crippen MR) is 81.7 cm³/mol. The first-order valence-electron chi connectivity index (χ1n) is 7.39. The van der Waals surface area contributed by atoms with E-state index in [1.807, 2.05) is 6.07 Å². The summed E-state index contributed by atoms with van der Waals surface area (Å²) in [7, 11) is -3.14. The molecule has 0 unspecified atom stereocenters. The van der Waals surface area contributed by atoms with Gasteiger partial charge in [0.15, 0.2) is 9.84 Å². The quantitative estimate of drug-likeness (QED) is 0.775. The number of piperidine rings is 1. The molecule has 0 aliphatic carbocycles. The molecule has 2 rings (SSSR count). The van der Waals surface area contributed by atoms with Crippen LogP contribution in [0.15, 0.2) is 35.2 Å². The van der Waals surface area contributed by atoms with Crippen molar-refractivity contribution < 1.29 is 8.42 Å². The molecule has 0 radical (unpaired) electrons. The van der Waals surface area contributed by atoms with Gasteiger partial charge >= 0.3 is 0 Å². The largest absolute Gasteiger partial charge is 0.314 e. The molecule has 0 atom stereocenters. The van der Waals surface area contributed by atoms with Gasteiger partial charge in [0.25, 0.3) is 0 Å². The van der Waals surface area contributed by atoms with Crippen LogP contribution in [0.3, 0.4) is 0 Å². The topological polar surface area (TPSA) is 49.4 Å². The molecule has 0 spiro atoms. The molecule has 1 fully saturated rings. The minimum absolute atomic E-state index is 0.164. The van der Waals surface area contributed by atoms with Crippen LogP contribution in [-0.4, -0.2) is 51.8 Å². The lowest BCUT2D eigenvalue weighted by Crippen LogP contribution is -2.36. The Bertz CT molecular complexity index is 482.